The maximum Gasteiger partial charge on any atom is 0.231 e. The smallest absolute Gasteiger partial charge is 0.231 e. The Labute approximate surface area is 170 Å². The highest BCUT2D eigenvalue weighted by Crippen LogP contribution is 2.38. The summed E-state index contributed by atoms with van der Waals surface area (Å²) in [4.78, 5) is 14.3. The van der Waals surface area contributed by atoms with Crippen LogP contribution in [0, 0.1) is 0 Å². The molecule has 3 aromatic rings. The summed E-state index contributed by atoms with van der Waals surface area (Å²) in [5.41, 5.74) is 3.14. The first kappa shape index (κ1) is 19.3. The molecule has 0 unspecified atom stereocenters. The van der Waals surface area contributed by atoms with Crippen LogP contribution < -0.4 is 14.7 Å². The molecule has 0 bridgehead atoms. The second-order valence-corrected chi connectivity index (χ2v) is 7.38. The topological polar surface area (TPSA) is 58.7 Å². The molecular formula is C24H26N2O3. The van der Waals surface area contributed by atoms with Gasteiger partial charge in [0.15, 0.2) is 5.76 Å². The summed E-state index contributed by atoms with van der Waals surface area (Å²) in [6.45, 7) is 9.49. The van der Waals surface area contributed by atoms with Gasteiger partial charge >= 0.3 is 0 Å². The molecule has 2 heterocycles. The lowest BCUT2D eigenvalue weighted by Gasteiger charge is -2.21. The zero-order valence-electron chi connectivity index (χ0n) is 17.1. The number of hydrogen-bond donors (Lipinski definition) is 1. The molecule has 0 saturated heterocycles. The molecule has 1 aliphatic heterocycles. The quantitative estimate of drug-likeness (QED) is 0.659. The van der Waals surface area contributed by atoms with E-state index < -0.39 is 0 Å². The van der Waals surface area contributed by atoms with Crippen LogP contribution in [0.4, 0.5) is 0 Å². The number of para-hydroxylation sites is 1. The van der Waals surface area contributed by atoms with Crippen LogP contribution in [0.1, 0.15) is 42.3 Å². The number of nitrogens with one attached hydrogen (secondary N) is 1. The van der Waals surface area contributed by atoms with E-state index >= 15 is 0 Å². The Morgan fingerprint density at radius 3 is 2.59 bits per heavy atom. The average molecular weight is 390 g/mol. The fourth-order valence-electron chi connectivity index (χ4n) is 4.00. The van der Waals surface area contributed by atoms with Gasteiger partial charge in [0.25, 0.3) is 0 Å². The summed E-state index contributed by atoms with van der Waals surface area (Å²) in [5.74, 6) is 0.483. The normalized spacial score (nSPS) is 14.8. The van der Waals surface area contributed by atoms with Gasteiger partial charge in [0.1, 0.15) is 12.3 Å². The number of allylic oxidation sites excluding steroid dienone is 1. The van der Waals surface area contributed by atoms with Crippen molar-refractivity contribution in [1.29, 1.82) is 0 Å². The van der Waals surface area contributed by atoms with Crippen LogP contribution in [-0.4, -0.2) is 23.4 Å². The number of benzene rings is 2. The van der Waals surface area contributed by atoms with E-state index in [0.29, 0.717) is 23.4 Å². The average Bonchev–Trinajstić information content (AvgIpc) is 3.26. The Kier molecular flexibility index (Phi) is 5.16. The minimum absolute atomic E-state index is 0.0696. The molecule has 0 radical (unpaired) electrons. The van der Waals surface area contributed by atoms with Gasteiger partial charge in [-0.2, -0.15) is 0 Å². The molecule has 1 aromatic heterocycles. The van der Waals surface area contributed by atoms with Gasteiger partial charge in [0, 0.05) is 34.8 Å². The molecule has 5 heteroatoms. The van der Waals surface area contributed by atoms with E-state index in [0.717, 1.165) is 36.1 Å². The summed E-state index contributed by atoms with van der Waals surface area (Å²) in [5, 5.41) is 13.6. The molecular weight excluding hydrogens is 364 g/mol. The van der Waals surface area contributed by atoms with Crippen molar-refractivity contribution in [2.24, 2.45) is 0 Å². The minimum atomic E-state index is -0.163. The molecule has 5 nitrogen and oxygen atoms in total. The number of hydrogen-bond acceptors (Lipinski definition) is 3. The van der Waals surface area contributed by atoms with E-state index in [1.165, 1.54) is 11.0 Å². The highest BCUT2D eigenvalue weighted by atomic mass is 16.5. The molecule has 150 valence electrons. The van der Waals surface area contributed by atoms with Crippen molar-refractivity contribution >= 4 is 22.8 Å². The second-order valence-electron chi connectivity index (χ2n) is 7.38. The van der Waals surface area contributed by atoms with E-state index in [-0.39, 0.29) is 17.3 Å². The molecule has 2 aromatic carbocycles. The van der Waals surface area contributed by atoms with Crippen molar-refractivity contribution in [3.05, 3.63) is 65.0 Å². The van der Waals surface area contributed by atoms with Gasteiger partial charge in [-0.05, 0) is 39.0 Å². The number of ether oxygens (including phenoxy) is 1. The highest BCUT2D eigenvalue weighted by Gasteiger charge is 2.31. The van der Waals surface area contributed by atoms with Crippen molar-refractivity contribution in [3.63, 3.8) is 0 Å². The van der Waals surface area contributed by atoms with Gasteiger partial charge in [-0.3, -0.25) is 4.79 Å². The number of rotatable bonds is 6. The van der Waals surface area contributed by atoms with Crippen LogP contribution in [0.2, 0.25) is 0 Å². The zero-order valence-corrected chi connectivity index (χ0v) is 17.1. The number of quaternary nitrogens is 1. The lowest BCUT2D eigenvalue weighted by atomic mass is 10.0. The molecule has 0 aliphatic carbocycles. The third-order valence-corrected chi connectivity index (χ3v) is 5.77. The third kappa shape index (κ3) is 3.32. The van der Waals surface area contributed by atoms with Gasteiger partial charge in [0.2, 0.25) is 5.78 Å². The van der Waals surface area contributed by atoms with Crippen molar-refractivity contribution in [2.45, 2.75) is 33.9 Å². The van der Waals surface area contributed by atoms with Crippen LogP contribution in [0.3, 0.4) is 0 Å². The number of Topliss-reactive ketones (excluding diaryl/α,β-unsaturated/α-hetero) is 1. The number of ketones is 1. The van der Waals surface area contributed by atoms with E-state index in [2.05, 4.69) is 31.4 Å². The lowest BCUT2D eigenvalue weighted by Crippen LogP contribution is -3.10. The van der Waals surface area contributed by atoms with Crippen LogP contribution in [0.25, 0.3) is 17.0 Å². The molecule has 0 saturated carbocycles. The first-order valence-corrected chi connectivity index (χ1v) is 10.3. The molecule has 0 atom stereocenters. The zero-order chi connectivity index (χ0) is 20.5. The minimum Gasteiger partial charge on any atom is -0.872 e. The monoisotopic (exact) mass is 390 g/mol. The number of aryl methyl sites for hydroxylation is 1. The van der Waals surface area contributed by atoms with Crippen molar-refractivity contribution in [1.82, 2.24) is 4.57 Å². The number of carbonyl (C=O) groups is 1. The highest BCUT2D eigenvalue weighted by molar-refractivity contribution is 6.15. The van der Waals surface area contributed by atoms with Crippen LogP contribution >= 0.6 is 0 Å². The van der Waals surface area contributed by atoms with Gasteiger partial charge in [-0.25, -0.2) is 0 Å². The van der Waals surface area contributed by atoms with Crippen LogP contribution in [0.15, 0.2) is 48.4 Å². The molecule has 0 spiro atoms. The van der Waals surface area contributed by atoms with Gasteiger partial charge in [-0.15, -0.1) is 0 Å². The van der Waals surface area contributed by atoms with E-state index in [1.54, 1.807) is 12.1 Å². The molecule has 0 amide bonds. The van der Waals surface area contributed by atoms with E-state index in [1.807, 2.05) is 24.4 Å². The maximum absolute atomic E-state index is 13.0. The second kappa shape index (κ2) is 7.76. The van der Waals surface area contributed by atoms with E-state index in [4.69, 9.17) is 4.74 Å². The number of nitrogens with zero attached hydrogens (tertiary/aromatic N) is 1. The number of fused-ring (bicyclic) bond motifs is 2. The Hall–Kier alpha value is -3.05. The van der Waals surface area contributed by atoms with Crippen LogP contribution in [0.5, 0.6) is 11.5 Å². The Balaban J connectivity index is 1.76. The van der Waals surface area contributed by atoms with E-state index in [9.17, 15) is 9.90 Å². The van der Waals surface area contributed by atoms with Crippen molar-refractivity contribution in [2.75, 3.05) is 13.1 Å². The molecule has 1 aliphatic rings. The third-order valence-electron chi connectivity index (χ3n) is 5.77. The SMILES string of the molecule is CCn1cc(/C=C2/Oc3c(ccc([O-])c3C[NH+](CC)CC)C2=O)c2ccccc21. The lowest BCUT2D eigenvalue weighted by molar-refractivity contribution is -0.910. The van der Waals surface area contributed by atoms with Gasteiger partial charge < -0.3 is 19.3 Å². The number of aromatic nitrogens is 1. The van der Waals surface area contributed by atoms with Crippen LogP contribution in [-0.2, 0) is 13.1 Å². The summed E-state index contributed by atoms with van der Waals surface area (Å²) >= 11 is 0. The molecule has 0 fully saturated rings. The number of carbonyl (C=O) groups excluding carboxylic acids is 1. The predicted molar refractivity (Wildman–Crippen MR) is 112 cm³/mol. The van der Waals surface area contributed by atoms with Gasteiger partial charge in [-0.1, -0.05) is 30.0 Å². The van der Waals surface area contributed by atoms with Gasteiger partial charge in [0.05, 0.1) is 18.7 Å². The fourth-order valence-corrected chi connectivity index (χ4v) is 4.00. The summed E-state index contributed by atoms with van der Waals surface area (Å²) in [6, 6.07) is 11.2. The standard InChI is InChI=1S/C24H26N2O3/c1-4-25(5-2)15-19-21(27)12-11-18-23(28)22(29-24(18)19)13-16-14-26(6-3)20-10-8-7-9-17(16)20/h7-14,27H,4-6,15H2,1-3H3/b22-13+. The summed E-state index contributed by atoms with van der Waals surface area (Å²) in [7, 11) is 0. The molecule has 4 rings (SSSR count). The maximum atomic E-state index is 13.0. The fraction of sp³-hybridized carbons (Fsp3) is 0.292. The molecule has 1 N–H and O–H groups in total. The van der Waals surface area contributed by atoms with Crippen molar-refractivity contribution in [3.8, 4) is 11.5 Å². The summed E-state index contributed by atoms with van der Waals surface area (Å²) < 4.78 is 8.16. The molecule has 29 heavy (non-hydrogen) atoms. The largest absolute Gasteiger partial charge is 0.872 e. The summed E-state index contributed by atoms with van der Waals surface area (Å²) in [6.07, 6.45) is 3.84. The Bertz CT molecular complexity index is 1110. The first-order chi connectivity index (χ1) is 14.1. The Morgan fingerprint density at radius 2 is 1.86 bits per heavy atom. The predicted octanol–water partition coefficient (Wildman–Crippen LogP) is 2.78. The first-order valence-electron chi connectivity index (χ1n) is 10.3. The Morgan fingerprint density at radius 1 is 1.10 bits per heavy atom. The van der Waals surface area contributed by atoms with Crippen molar-refractivity contribution < 1.29 is 19.5 Å².